The van der Waals surface area contributed by atoms with E-state index in [2.05, 4.69) is 15.1 Å². The Hall–Kier alpha value is -2.61. The number of benzene rings is 2. The number of anilines is 1. The van der Waals surface area contributed by atoms with Gasteiger partial charge in [-0.05, 0) is 94.0 Å². The van der Waals surface area contributed by atoms with Crippen molar-refractivity contribution in [2.45, 2.75) is 87.9 Å². The van der Waals surface area contributed by atoms with Gasteiger partial charge in [0, 0.05) is 36.0 Å². The fourth-order valence-corrected chi connectivity index (χ4v) is 8.86. The first kappa shape index (κ1) is 25.1. The summed E-state index contributed by atoms with van der Waals surface area (Å²) in [6.45, 7) is 4.54. The van der Waals surface area contributed by atoms with Crippen molar-refractivity contribution in [3.8, 4) is 11.8 Å². The maximum Gasteiger partial charge on any atom is 0.316 e. The van der Waals surface area contributed by atoms with Crippen molar-refractivity contribution < 1.29 is 9.84 Å². The van der Waals surface area contributed by atoms with Crippen LogP contribution in [0.4, 0.5) is 5.69 Å². The van der Waals surface area contributed by atoms with Gasteiger partial charge >= 0.3 is 6.01 Å². The predicted octanol–water partition coefficient (Wildman–Crippen LogP) is 5.56. The number of nitrogens with zero attached hydrogens (tertiary/aromatic N) is 4. The molecule has 8 heteroatoms. The van der Waals surface area contributed by atoms with Gasteiger partial charge in [-0.15, -0.1) is 0 Å². The largest absolute Gasteiger partial charge is 0.508 e. The summed E-state index contributed by atoms with van der Waals surface area (Å²) in [6.07, 6.45) is 10.7. The molecule has 1 unspecified atom stereocenters. The number of piperidine rings is 1. The highest BCUT2D eigenvalue weighted by atomic mass is 35.5. The number of phenolic OH excluding ortho intramolecular Hbond substituents is 1. The summed E-state index contributed by atoms with van der Waals surface area (Å²) in [6, 6.07) is 11.3. The number of rotatable bonds is 5. The molecule has 2 bridgehead atoms. The Morgan fingerprint density at radius 1 is 1.05 bits per heavy atom. The molecule has 4 saturated heterocycles. The molecule has 2 aromatic carbocycles. The van der Waals surface area contributed by atoms with Crippen molar-refractivity contribution in [2.24, 2.45) is 0 Å². The third-order valence-corrected chi connectivity index (χ3v) is 10.8. The number of aromatic hydroxyl groups is 1. The summed E-state index contributed by atoms with van der Waals surface area (Å²) < 4.78 is 6.55. The summed E-state index contributed by atoms with van der Waals surface area (Å²) >= 11 is 6.70. The average molecular weight is 560 g/mol. The van der Waals surface area contributed by atoms with Gasteiger partial charge in [-0.25, -0.2) is 0 Å². The number of halogens is 1. The molecule has 4 fully saturated rings. The second kappa shape index (κ2) is 9.74. The van der Waals surface area contributed by atoms with Crippen molar-refractivity contribution >= 4 is 28.1 Å². The van der Waals surface area contributed by atoms with Gasteiger partial charge in [0.1, 0.15) is 12.4 Å². The number of fused-ring (bicyclic) bond motifs is 5. The van der Waals surface area contributed by atoms with Crippen molar-refractivity contribution in [1.29, 1.82) is 0 Å². The molecule has 6 heterocycles. The van der Waals surface area contributed by atoms with E-state index in [1.807, 2.05) is 24.3 Å². The molecule has 0 aliphatic carbocycles. The Balaban J connectivity index is 1.15. The summed E-state index contributed by atoms with van der Waals surface area (Å²) in [7, 11) is 0. The number of nitrogens with one attached hydrogen (secondary N) is 1. The average Bonchev–Trinajstić information content (AvgIpc) is 3.64. The molecular weight excluding hydrogens is 522 g/mol. The Morgan fingerprint density at radius 3 is 2.65 bits per heavy atom. The Labute approximate surface area is 240 Å². The number of aromatic nitrogens is 2. The fraction of sp³-hybridized carbons (Fsp3) is 0.562. The monoisotopic (exact) mass is 559 g/mol. The second-order valence-electron chi connectivity index (χ2n) is 12.8. The van der Waals surface area contributed by atoms with Crippen LogP contribution < -0.4 is 15.0 Å². The Kier molecular flexibility index (Phi) is 6.12. The van der Waals surface area contributed by atoms with Crippen LogP contribution in [0.5, 0.6) is 11.8 Å². The lowest BCUT2D eigenvalue weighted by atomic mass is 9.85. The maximum atomic E-state index is 10.6. The normalized spacial score (nSPS) is 27.2. The molecule has 0 amide bonds. The molecule has 1 aromatic heterocycles. The van der Waals surface area contributed by atoms with Gasteiger partial charge in [0.2, 0.25) is 0 Å². The molecule has 40 heavy (non-hydrogen) atoms. The third kappa shape index (κ3) is 4.24. The first-order chi connectivity index (χ1) is 19.5. The van der Waals surface area contributed by atoms with Gasteiger partial charge in [0.25, 0.3) is 0 Å². The van der Waals surface area contributed by atoms with Crippen LogP contribution in [0.2, 0.25) is 5.02 Å². The van der Waals surface area contributed by atoms with Crippen LogP contribution in [-0.2, 0) is 13.0 Å². The lowest BCUT2D eigenvalue weighted by Gasteiger charge is -2.35. The standard InChI is InChI=1S/C32H38ClN5O2/c33-26-5-1-4-20-16-24(39)17-28(29(20)26)37-13-8-25-27(18-37)35-31(40-19-32-9-2-11-38(32)12-3-10-32)36-30(25)21-14-22-6-7-23(15-21)34-22/h1,4-5,16-17,21-23,34,39H,2-3,6-15,18-19H2/t21?,22-,23+. The highest BCUT2D eigenvalue weighted by molar-refractivity contribution is 6.36. The van der Waals surface area contributed by atoms with E-state index in [1.54, 1.807) is 6.07 Å². The van der Waals surface area contributed by atoms with E-state index in [4.69, 9.17) is 26.3 Å². The molecule has 5 aliphatic heterocycles. The maximum absolute atomic E-state index is 10.6. The fourth-order valence-electron chi connectivity index (χ4n) is 8.58. The molecule has 3 aromatic rings. The van der Waals surface area contributed by atoms with E-state index in [1.165, 1.54) is 62.9 Å². The van der Waals surface area contributed by atoms with Crippen molar-refractivity contribution in [1.82, 2.24) is 20.2 Å². The van der Waals surface area contributed by atoms with Gasteiger partial charge < -0.3 is 20.1 Å². The molecule has 0 spiro atoms. The molecule has 5 aliphatic rings. The van der Waals surface area contributed by atoms with Crippen LogP contribution in [0.1, 0.15) is 74.2 Å². The number of hydrogen-bond acceptors (Lipinski definition) is 7. The smallest absolute Gasteiger partial charge is 0.316 e. The van der Waals surface area contributed by atoms with E-state index in [-0.39, 0.29) is 11.3 Å². The number of phenols is 1. The first-order valence-corrected chi connectivity index (χ1v) is 15.6. The Bertz CT molecular complexity index is 1440. The van der Waals surface area contributed by atoms with Crippen molar-refractivity contribution in [3.05, 3.63) is 52.3 Å². The minimum Gasteiger partial charge on any atom is -0.508 e. The molecule has 0 saturated carbocycles. The molecule has 8 rings (SSSR count). The van der Waals surface area contributed by atoms with Gasteiger partial charge in [0.05, 0.1) is 34.2 Å². The highest BCUT2D eigenvalue weighted by Crippen LogP contribution is 2.43. The van der Waals surface area contributed by atoms with Crippen LogP contribution in [0.15, 0.2) is 30.3 Å². The molecule has 7 nitrogen and oxygen atoms in total. The predicted molar refractivity (Wildman–Crippen MR) is 158 cm³/mol. The van der Waals surface area contributed by atoms with E-state index in [9.17, 15) is 5.11 Å². The van der Waals surface area contributed by atoms with Gasteiger partial charge in [-0.2, -0.15) is 9.97 Å². The summed E-state index contributed by atoms with van der Waals surface area (Å²) in [4.78, 5) is 15.2. The minimum absolute atomic E-state index is 0.163. The van der Waals surface area contributed by atoms with Crippen molar-refractivity contribution in [3.63, 3.8) is 0 Å². The molecule has 0 radical (unpaired) electrons. The highest BCUT2D eigenvalue weighted by Gasteiger charge is 2.45. The topological polar surface area (TPSA) is 73.8 Å². The zero-order valence-electron chi connectivity index (χ0n) is 23.0. The zero-order chi connectivity index (χ0) is 26.8. The lowest BCUT2D eigenvalue weighted by Crippen LogP contribution is -2.43. The van der Waals surface area contributed by atoms with E-state index in [0.717, 1.165) is 48.0 Å². The summed E-state index contributed by atoms with van der Waals surface area (Å²) in [5.74, 6) is 0.707. The van der Waals surface area contributed by atoms with Crippen LogP contribution in [0.25, 0.3) is 10.8 Å². The second-order valence-corrected chi connectivity index (χ2v) is 13.2. The van der Waals surface area contributed by atoms with Gasteiger partial charge in [-0.3, -0.25) is 4.90 Å². The van der Waals surface area contributed by atoms with Gasteiger partial charge in [0.15, 0.2) is 0 Å². The summed E-state index contributed by atoms with van der Waals surface area (Å²) in [5.41, 5.74) is 4.72. The Morgan fingerprint density at radius 2 is 1.85 bits per heavy atom. The third-order valence-electron chi connectivity index (χ3n) is 10.4. The van der Waals surface area contributed by atoms with Crippen LogP contribution in [-0.4, -0.2) is 63.8 Å². The zero-order valence-corrected chi connectivity index (χ0v) is 23.8. The quantitative estimate of drug-likeness (QED) is 0.424. The SMILES string of the molecule is Oc1cc(N2CCc3c(nc(OCC45CCCN4CCC5)nc3C3C[C@H]4CC[C@@H](C3)N4)C2)c2c(Cl)cccc2c1. The number of ether oxygens (including phenoxy) is 1. The lowest BCUT2D eigenvalue weighted by molar-refractivity contribution is 0.107. The van der Waals surface area contributed by atoms with E-state index < -0.39 is 0 Å². The van der Waals surface area contributed by atoms with E-state index >= 15 is 0 Å². The number of hydrogen-bond donors (Lipinski definition) is 2. The van der Waals surface area contributed by atoms with Gasteiger partial charge in [-0.1, -0.05) is 23.7 Å². The van der Waals surface area contributed by atoms with Crippen LogP contribution >= 0.6 is 11.6 Å². The van der Waals surface area contributed by atoms with Crippen LogP contribution in [0.3, 0.4) is 0 Å². The first-order valence-electron chi connectivity index (χ1n) is 15.2. The van der Waals surface area contributed by atoms with Crippen molar-refractivity contribution in [2.75, 3.05) is 31.1 Å². The molecular formula is C32H38ClN5O2. The molecule has 2 N–H and O–H groups in total. The van der Waals surface area contributed by atoms with E-state index in [0.29, 0.717) is 42.2 Å². The minimum atomic E-state index is 0.163. The molecule has 210 valence electrons. The van der Waals surface area contributed by atoms with Crippen LogP contribution in [0, 0.1) is 0 Å². The molecule has 3 atom stereocenters. The summed E-state index contributed by atoms with van der Waals surface area (Å²) in [5, 5.41) is 17.0.